The molecule has 3 atom stereocenters. The van der Waals surface area contributed by atoms with Crippen molar-refractivity contribution in [3.05, 3.63) is 48.0 Å². The van der Waals surface area contributed by atoms with Crippen molar-refractivity contribution in [3.8, 4) is 5.75 Å². The fraction of sp³-hybridized carbons (Fsp3) is 0.381. The Balaban J connectivity index is 1.54. The normalized spacial score (nSPS) is 22.9. The number of benzene rings is 1. The summed E-state index contributed by atoms with van der Waals surface area (Å²) in [5.74, 6) is -1.25. The number of amides is 2. The number of nitrogens with one attached hydrogen (secondary N) is 1. The Morgan fingerprint density at radius 3 is 2.87 bits per heavy atom. The van der Waals surface area contributed by atoms with E-state index in [1.807, 2.05) is 0 Å². The second-order valence-electron chi connectivity index (χ2n) is 7.52. The number of carboxylic acid groups (broad SMARTS) is 1. The van der Waals surface area contributed by atoms with Crippen LogP contribution in [0.15, 0.2) is 36.8 Å². The van der Waals surface area contributed by atoms with E-state index in [1.165, 1.54) is 18.6 Å². The van der Waals surface area contributed by atoms with E-state index in [9.17, 15) is 14.4 Å². The van der Waals surface area contributed by atoms with Gasteiger partial charge in [-0.25, -0.2) is 4.98 Å². The minimum atomic E-state index is -0.916. The zero-order chi connectivity index (χ0) is 22.0. The van der Waals surface area contributed by atoms with Crippen LogP contribution in [0.1, 0.15) is 40.1 Å². The molecule has 1 fully saturated rings. The largest absolute Gasteiger partial charge is 0.490 e. The van der Waals surface area contributed by atoms with Crippen LogP contribution in [0.5, 0.6) is 5.75 Å². The Morgan fingerprint density at radius 1 is 1.29 bits per heavy atom. The minimum absolute atomic E-state index is 0.0771. The number of fused-ring (bicyclic) bond motifs is 2. The van der Waals surface area contributed by atoms with Gasteiger partial charge in [-0.3, -0.25) is 19.4 Å². The average Bonchev–Trinajstić information content (AvgIpc) is 2.77. The summed E-state index contributed by atoms with van der Waals surface area (Å²) in [6, 6.07) is 4.59. The van der Waals surface area contributed by atoms with E-state index in [-0.39, 0.29) is 30.7 Å². The molecule has 1 saturated heterocycles. The average molecular weight is 426 g/mol. The summed E-state index contributed by atoms with van der Waals surface area (Å²) in [4.78, 5) is 46.0. The third-order valence-electron chi connectivity index (χ3n) is 5.47. The molecule has 1 aromatic carbocycles. The lowest BCUT2D eigenvalue weighted by Crippen LogP contribution is -2.53. The van der Waals surface area contributed by atoms with Gasteiger partial charge in [-0.1, -0.05) is 0 Å². The van der Waals surface area contributed by atoms with Gasteiger partial charge in [0.05, 0.1) is 30.3 Å². The number of carboxylic acids is 1. The molecule has 0 aliphatic carbocycles. The highest BCUT2D eigenvalue weighted by atomic mass is 16.5. The van der Waals surface area contributed by atoms with Crippen LogP contribution in [-0.4, -0.2) is 69.7 Å². The molecule has 1 aromatic heterocycles. The molecule has 2 N–H and O–H groups in total. The second kappa shape index (κ2) is 8.68. The predicted molar refractivity (Wildman–Crippen MR) is 108 cm³/mol. The lowest BCUT2D eigenvalue weighted by molar-refractivity contribution is -0.148. The quantitative estimate of drug-likeness (QED) is 0.754. The van der Waals surface area contributed by atoms with Crippen molar-refractivity contribution in [3.63, 3.8) is 0 Å². The number of aromatic nitrogens is 2. The molecule has 0 spiro atoms. The molecule has 0 saturated carbocycles. The first-order valence-electron chi connectivity index (χ1n) is 9.91. The van der Waals surface area contributed by atoms with Crippen molar-refractivity contribution in [2.45, 2.75) is 37.5 Å². The Labute approximate surface area is 178 Å². The molecule has 2 aromatic rings. The van der Waals surface area contributed by atoms with Gasteiger partial charge in [-0.05, 0) is 31.0 Å². The van der Waals surface area contributed by atoms with Gasteiger partial charge in [-0.2, -0.15) is 0 Å². The zero-order valence-electron chi connectivity index (χ0n) is 16.9. The first-order valence-corrected chi connectivity index (χ1v) is 9.91. The summed E-state index contributed by atoms with van der Waals surface area (Å²) >= 11 is 0. The molecule has 0 radical (unpaired) electrons. The Bertz CT molecular complexity index is 999. The molecular formula is C21H22N4O6. The van der Waals surface area contributed by atoms with Crippen molar-refractivity contribution in [2.24, 2.45) is 0 Å². The third kappa shape index (κ3) is 4.48. The molecule has 2 amide bonds. The number of carbonyl (C=O) groups excluding carboxylic acids is 2. The first kappa shape index (κ1) is 20.7. The van der Waals surface area contributed by atoms with Crippen LogP contribution in [0.3, 0.4) is 0 Å². The number of likely N-dealkylation sites (N-methyl/N-ethyl adjacent to an activating group) is 1. The number of nitrogens with zero attached hydrogens (tertiary/aromatic N) is 3. The van der Waals surface area contributed by atoms with Crippen LogP contribution in [0.2, 0.25) is 0 Å². The monoisotopic (exact) mass is 426 g/mol. The van der Waals surface area contributed by atoms with E-state index >= 15 is 0 Å². The van der Waals surface area contributed by atoms with Gasteiger partial charge in [0.15, 0.2) is 0 Å². The molecule has 31 heavy (non-hydrogen) atoms. The maximum atomic E-state index is 13.2. The summed E-state index contributed by atoms with van der Waals surface area (Å²) in [6.45, 7) is 0.191. The van der Waals surface area contributed by atoms with Crippen LogP contribution in [-0.2, 0) is 9.53 Å². The lowest BCUT2D eigenvalue weighted by Gasteiger charge is -2.42. The Hall–Kier alpha value is -3.53. The molecular weight excluding hydrogens is 404 g/mol. The van der Waals surface area contributed by atoms with Crippen LogP contribution in [0.4, 0.5) is 5.69 Å². The summed E-state index contributed by atoms with van der Waals surface area (Å²) < 4.78 is 11.8. The molecule has 10 nitrogen and oxygen atoms in total. The van der Waals surface area contributed by atoms with E-state index in [0.29, 0.717) is 29.8 Å². The van der Waals surface area contributed by atoms with Crippen molar-refractivity contribution in [1.29, 1.82) is 0 Å². The van der Waals surface area contributed by atoms with Gasteiger partial charge in [0, 0.05) is 25.1 Å². The van der Waals surface area contributed by atoms with Gasteiger partial charge in [0.25, 0.3) is 11.8 Å². The molecule has 10 heteroatoms. The maximum Gasteiger partial charge on any atom is 0.305 e. The van der Waals surface area contributed by atoms with E-state index in [4.69, 9.17) is 14.6 Å². The molecule has 3 heterocycles. The number of rotatable bonds is 4. The molecule has 0 unspecified atom stereocenters. The number of hydrogen-bond donors (Lipinski definition) is 2. The zero-order valence-corrected chi connectivity index (χ0v) is 16.9. The maximum absolute atomic E-state index is 13.2. The van der Waals surface area contributed by atoms with Gasteiger partial charge in [0.2, 0.25) is 0 Å². The van der Waals surface area contributed by atoms with Crippen molar-refractivity contribution >= 4 is 23.5 Å². The van der Waals surface area contributed by atoms with Crippen molar-refractivity contribution < 1.29 is 29.0 Å². The highest BCUT2D eigenvalue weighted by molar-refractivity contribution is 6.04. The van der Waals surface area contributed by atoms with Gasteiger partial charge in [-0.15, -0.1) is 0 Å². The van der Waals surface area contributed by atoms with Gasteiger partial charge >= 0.3 is 5.97 Å². The van der Waals surface area contributed by atoms with E-state index < -0.39 is 24.1 Å². The fourth-order valence-electron chi connectivity index (χ4n) is 3.91. The number of carbonyl (C=O) groups is 3. The van der Waals surface area contributed by atoms with Crippen LogP contribution >= 0.6 is 0 Å². The molecule has 4 rings (SSSR count). The van der Waals surface area contributed by atoms with Crippen LogP contribution in [0, 0.1) is 0 Å². The summed E-state index contributed by atoms with van der Waals surface area (Å²) in [5.41, 5.74) is 0.913. The summed E-state index contributed by atoms with van der Waals surface area (Å²) in [5, 5.41) is 11.7. The van der Waals surface area contributed by atoms with E-state index in [2.05, 4.69) is 15.3 Å². The smallest absolute Gasteiger partial charge is 0.305 e. The minimum Gasteiger partial charge on any atom is -0.490 e. The highest BCUT2D eigenvalue weighted by Crippen LogP contribution is 2.32. The highest BCUT2D eigenvalue weighted by Gasteiger charge is 2.39. The van der Waals surface area contributed by atoms with Crippen molar-refractivity contribution in [2.75, 3.05) is 19.0 Å². The lowest BCUT2D eigenvalue weighted by atomic mass is 9.94. The molecule has 2 aliphatic heterocycles. The van der Waals surface area contributed by atoms with Gasteiger partial charge in [0.1, 0.15) is 24.2 Å². The number of ether oxygens (including phenoxy) is 2. The fourth-order valence-corrected chi connectivity index (χ4v) is 3.91. The second-order valence-corrected chi connectivity index (χ2v) is 7.52. The summed E-state index contributed by atoms with van der Waals surface area (Å²) in [6.07, 6.45) is 4.52. The first-order chi connectivity index (χ1) is 14.9. The molecule has 162 valence electrons. The van der Waals surface area contributed by atoms with Crippen LogP contribution < -0.4 is 10.1 Å². The van der Waals surface area contributed by atoms with Crippen LogP contribution in [0.25, 0.3) is 0 Å². The third-order valence-corrected chi connectivity index (χ3v) is 5.47. The number of hydrogen-bond acceptors (Lipinski definition) is 7. The van der Waals surface area contributed by atoms with E-state index in [0.717, 1.165) is 0 Å². The van der Waals surface area contributed by atoms with Crippen molar-refractivity contribution in [1.82, 2.24) is 14.9 Å². The Morgan fingerprint density at radius 2 is 2.13 bits per heavy atom. The number of anilines is 1. The molecule has 2 aliphatic rings. The molecule has 0 bridgehead atoms. The topological polar surface area (TPSA) is 131 Å². The standard InChI is InChI=1S/C21H22N4O6/c1-25-16-4-3-13(9-19(26)27)31-18(16)11-30-17-5-2-12(8-14(17)21(25)29)24-20(28)15-10-22-6-7-23-15/h2,5-8,10,13,16,18H,3-4,9,11H2,1H3,(H,24,28)(H,26,27)/t13-,16-,18+/m1/s1. The predicted octanol–water partition coefficient (Wildman–Crippen LogP) is 1.58. The van der Waals surface area contributed by atoms with E-state index in [1.54, 1.807) is 30.1 Å². The van der Waals surface area contributed by atoms with Gasteiger partial charge < -0.3 is 24.8 Å². The SMILES string of the molecule is CN1C(=O)c2cc(NC(=O)c3cnccn3)ccc2OC[C@@H]2O[C@@H](CC(=O)O)CC[C@H]21. The Kier molecular flexibility index (Phi) is 5.81. The summed E-state index contributed by atoms with van der Waals surface area (Å²) in [7, 11) is 1.70. The number of aliphatic carboxylic acids is 1.